The zero-order chi connectivity index (χ0) is 10.8. The number of allylic oxidation sites excluding steroid dienone is 3. The fraction of sp³-hybridized carbons (Fsp3) is 0.545. The molecular formula is C11H17NO2. The van der Waals surface area contributed by atoms with Gasteiger partial charge in [-0.2, -0.15) is 0 Å². The van der Waals surface area contributed by atoms with Crippen molar-refractivity contribution in [2.24, 2.45) is 10.9 Å². The van der Waals surface area contributed by atoms with Crippen molar-refractivity contribution in [2.75, 3.05) is 7.11 Å². The molecule has 0 saturated heterocycles. The fourth-order valence-electron chi connectivity index (χ4n) is 1.47. The van der Waals surface area contributed by atoms with E-state index in [0.717, 1.165) is 5.71 Å². The van der Waals surface area contributed by atoms with Crippen molar-refractivity contribution in [1.82, 2.24) is 0 Å². The molecule has 0 amide bonds. The summed E-state index contributed by atoms with van der Waals surface area (Å²) in [5, 5.41) is 9.77. The van der Waals surface area contributed by atoms with Gasteiger partial charge in [0, 0.05) is 18.7 Å². The molecule has 0 aromatic carbocycles. The van der Waals surface area contributed by atoms with Gasteiger partial charge in [0.25, 0.3) is 0 Å². The molecule has 1 fully saturated rings. The Labute approximate surface area is 84.8 Å². The number of hydrogen-bond donors (Lipinski definition) is 1. The van der Waals surface area contributed by atoms with Crippen LogP contribution in [0.1, 0.15) is 13.8 Å². The molecule has 0 aliphatic heterocycles. The molecule has 0 aromatic rings. The van der Waals surface area contributed by atoms with E-state index in [4.69, 9.17) is 4.74 Å². The van der Waals surface area contributed by atoms with Crippen molar-refractivity contribution in [2.45, 2.75) is 25.7 Å². The quantitative estimate of drug-likeness (QED) is 0.420. The van der Waals surface area contributed by atoms with Crippen molar-refractivity contribution >= 4 is 5.71 Å². The Morgan fingerprint density at radius 2 is 2.29 bits per heavy atom. The maximum Gasteiger partial charge on any atom is 0.193 e. The zero-order valence-electron chi connectivity index (χ0n) is 8.90. The van der Waals surface area contributed by atoms with Crippen LogP contribution >= 0.6 is 0 Å². The van der Waals surface area contributed by atoms with Crippen LogP contribution in [0.15, 0.2) is 29.8 Å². The van der Waals surface area contributed by atoms with E-state index in [1.165, 1.54) is 7.11 Å². The molecule has 0 spiro atoms. The number of rotatable bonds is 4. The lowest BCUT2D eigenvalue weighted by atomic mass is 10.3. The molecule has 3 heteroatoms. The van der Waals surface area contributed by atoms with Crippen LogP contribution in [0.3, 0.4) is 0 Å². The Balaban J connectivity index is 2.62. The molecule has 3 nitrogen and oxygen atoms in total. The van der Waals surface area contributed by atoms with E-state index in [2.05, 4.69) is 11.6 Å². The summed E-state index contributed by atoms with van der Waals surface area (Å²) in [6.07, 6.45) is 5.36. The predicted octanol–water partition coefficient (Wildman–Crippen LogP) is 1.54. The van der Waals surface area contributed by atoms with Crippen LogP contribution in [0.25, 0.3) is 0 Å². The van der Waals surface area contributed by atoms with Crippen LogP contribution in [0.5, 0.6) is 0 Å². The monoisotopic (exact) mass is 195 g/mol. The number of aliphatic imine (C=N–C) groups is 1. The molecule has 1 saturated carbocycles. The minimum absolute atomic E-state index is 0.0691. The lowest BCUT2D eigenvalue weighted by Crippen LogP contribution is -2.16. The van der Waals surface area contributed by atoms with Gasteiger partial charge >= 0.3 is 0 Å². The Morgan fingerprint density at radius 3 is 2.71 bits per heavy atom. The second kappa shape index (κ2) is 4.07. The van der Waals surface area contributed by atoms with Gasteiger partial charge in [0.1, 0.15) is 6.04 Å². The van der Waals surface area contributed by atoms with Crippen LogP contribution in [0.2, 0.25) is 0 Å². The third-order valence-corrected chi connectivity index (χ3v) is 2.58. The number of ether oxygens (including phenoxy) is 1. The molecule has 1 aliphatic carbocycles. The molecule has 0 bridgehead atoms. The summed E-state index contributed by atoms with van der Waals surface area (Å²) in [7, 11) is 1.50. The Bertz CT molecular complexity index is 283. The summed E-state index contributed by atoms with van der Waals surface area (Å²) in [6.45, 7) is 7.38. The highest BCUT2D eigenvalue weighted by Gasteiger charge is 2.63. The third kappa shape index (κ3) is 1.94. The smallest absolute Gasteiger partial charge is 0.193 e. The molecule has 0 heterocycles. The Morgan fingerprint density at radius 1 is 1.64 bits per heavy atom. The molecule has 1 rings (SSSR count). The van der Waals surface area contributed by atoms with Gasteiger partial charge in [0.2, 0.25) is 0 Å². The lowest BCUT2D eigenvalue weighted by Gasteiger charge is -2.04. The molecule has 14 heavy (non-hydrogen) atoms. The zero-order valence-corrected chi connectivity index (χ0v) is 8.90. The number of aliphatic hydroxyl groups is 1. The van der Waals surface area contributed by atoms with Crippen LogP contribution in [0, 0.1) is 5.92 Å². The number of methoxy groups -OCH3 is 1. The topological polar surface area (TPSA) is 41.8 Å². The minimum Gasteiger partial charge on any atom is -0.363 e. The fourth-order valence-corrected chi connectivity index (χ4v) is 1.47. The van der Waals surface area contributed by atoms with Gasteiger partial charge in [0.15, 0.2) is 5.79 Å². The average Bonchev–Trinajstić information content (AvgIpc) is 2.68. The first-order chi connectivity index (χ1) is 6.56. The standard InChI is InChI=1S/C11H17NO2/c1-5-6-7-8(2)12-10-9(3)11(10,13)14-4/h5-7,9-10,13H,1H2,2-4H3/b7-6-,12-8-. The average molecular weight is 195 g/mol. The molecule has 3 atom stereocenters. The normalized spacial score (nSPS) is 37.6. The van der Waals surface area contributed by atoms with Crippen LogP contribution in [-0.4, -0.2) is 29.8 Å². The molecular weight excluding hydrogens is 178 g/mol. The first-order valence-electron chi connectivity index (χ1n) is 4.67. The first-order valence-corrected chi connectivity index (χ1v) is 4.67. The van der Waals surface area contributed by atoms with Crippen LogP contribution in [0.4, 0.5) is 0 Å². The van der Waals surface area contributed by atoms with Gasteiger partial charge in [-0.05, 0) is 13.0 Å². The maximum atomic E-state index is 9.77. The van der Waals surface area contributed by atoms with E-state index in [0.29, 0.717) is 0 Å². The molecule has 1 N–H and O–H groups in total. The van der Waals surface area contributed by atoms with E-state index in [-0.39, 0.29) is 12.0 Å². The summed E-state index contributed by atoms with van der Waals surface area (Å²) in [4.78, 5) is 4.34. The number of hydrogen-bond acceptors (Lipinski definition) is 3. The van der Waals surface area contributed by atoms with Crippen molar-refractivity contribution in [1.29, 1.82) is 0 Å². The highest BCUT2D eigenvalue weighted by Crippen LogP contribution is 2.46. The predicted molar refractivity (Wildman–Crippen MR) is 57.4 cm³/mol. The van der Waals surface area contributed by atoms with Gasteiger partial charge in [-0.3, -0.25) is 4.99 Å². The molecule has 0 aromatic heterocycles. The van der Waals surface area contributed by atoms with E-state index < -0.39 is 5.79 Å². The summed E-state index contributed by atoms with van der Waals surface area (Å²) in [6, 6.07) is -0.137. The van der Waals surface area contributed by atoms with E-state index in [9.17, 15) is 5.11 Å². The number of nitrogens with zero attached hydrogens (tertiary/aromatic N) is 1. The van der Waals surface area contributed by atoms with Crippen molar-refractivity contribution in [3.05, 3.63) is 24.8 Å². The largest absolute Gasteiger partial charge is 0.363 e. The second-order valence-corrected chi connectivity index (χ2v) is 3.55. The second-order valence-electron chi connectivity index (χ2n) is 3.55. The van der Waals surface area contributed by atoms with Gasteiger partial charge < -0.3 is 9.84 Å². The lowest BCUT2D eigenvalue weighted by molar-refractivity contribution is -0.115. The summed E-state index contributed by atoms with van der Waals surface area (Å²) < 4.78 is 4.98. The molecule has 78 valence electrons. The SMILES string of the molecule is C=C/C=C\C(C)=N/C1C(C)C1(O)OC. The van der Waals surface area contributed by atoms with Gasteiger partial charge in [-0.15, -0.1) is 0 Å². The van der Waals surface area contributed by atoms with Gasteiger partial charge in [-0.1, -0.05) is 25.7 Å². The molecule has 1 aliphatic rings. The van der Waals surface area contributed by atoms with Crippen molar-refractivity contribution < 1.29 is 9.84 Å². The van der Waals surface area contributed by atoms with E-state index in [1.807, 2.05) is 26.0 Å². The maximum absolute atomic E-state index is 9.77. The van der Waals surface area contributed by atoms with E-state index >= 15 is 0 Å². The highest BCUT2D eigenvalue weighted by molar-refractivity contribution is 5.93. The summed E-state index contributed by atoms with van der Waals surface area (Å²) in [5.74, 6) is -0.983. The molecule has 3 unspecified atom stereocenters. The van der Waals surface area contributed by atoms with Crippen LogP contribution in [-0.2, 0) is 4.74 Å². The summed E-state index contributed by atoms with van der Waals surface area (Å²) >= 11 is 0. The Hall–Kier alpha value is -0.930. The minimum atomic E-state index is -1.05. The van der Waals surface area contributed by atoms with Gasteiger partial charge in [0.05, 0.1) is 0 Å². The van der Waals surface area contributed by atoms with E-state index in [1.54, 1.807) is 6.08 Å². The summed E-state index contributed by atoms with van der Waals surface area (Å²) in [5.41, 5.74) is 0.870. The highest BCUT2D eigenvalue weighted by atomic mass is 16.6. The molecule has 0 radical (unpaired) electrons. The Kier molecular flexibility index (Phi) is 3.24. The van der Waals surface area contributed by atoms with Crippen molar-refractivity contribution in [3.8, 4) is 0 Å². The van der Waals surface area contributed by atoms with Crippen LogP contribution < -0.4 is 0 Å². The third-order valence-electron chi connectivity index (χ3n) is 2.58. The van der Waals surface area contributed by atoms with Crippen molar-refractivity contribution in [3.63, 3.8) is 0 Å². The first kappa shape index (κ1) is 11.1. The van der Waals surface area contributed by atoms with Gasteiger partial charge in [-0.25, -0.2) is 0 Å².